The van der Waals surface area contributed by atoms with Crippen LogP contribution in [0.1, 0.15) is 65.0 Å². The maximum absolute atomic E-state index is 5.40. The molecule has 0 aliphatic heterocycles. The molecule has 0 spiro atoms. The summed E-state index contributed by atoms with van der Waals surface area (Å²) in [7, 11) is 3.34. The molecule has 0 saturated heterocycles. The molecule has 0 amide bonds. The Morgan fingerprint density at radius 1 is 1.00 bits per heavy atom. The summed E-state index contributed by atoms with van der Waals surface area (Å²) in [4.78, 5) is 3.54. The third kappa shape index (κ3) is 5.42. The second kappa shape index (κ2) is 9.51. The van der Waals surface area contributed by atoms with Gasteiger partial charge in [-0.3, -0.25) is 0 Å². The van der Waals surface area contributed by atoms with Crippen molar-refractivity contribution in [3.05, 3.63) is 47.2 Å². The molecule has 1 N–H and O–H groups in total. The van der Waals surface area contributed by atoms with Crippen molar-refractivity contribution < 1.29 is 9.47 Å². The molecule has 2 aromatic rings. The Hall–Kier alpha value is -2.16. The molecule has 2 rings (SSSR count). The molecule has 0 bridgehead atoms. The van der Waals surface area contributed by atoms with Gasteiger partial charge in [-0.25, -0.2) is 0 Å². The Kier molecular flexibility index (Phi) is 7.38. The van der Waals surface area contributed by atoms with Gasteiger partial charge in [-0.15, -0.1) is 0 Å². The number of hydrogen-bond donors (Lipinski definition) is 1. The summed E-state index contributed by atoms with van der Waals surface area (Å²) in [5.74, 6) is 2.02. The van der Waals surface area contributed by atoms with E-state index in [0.717, 1.165) is 48.1 Å². The van der Waals surface area contributed by atoms with Gasteiger partial charge in [-0.05, 0) is 64.5 Å². The second-order valence-corrected chi connectivity index (χ2v) is 7.37. The minimum atomic E-state index is 0.487. The number of aromatic nitrogens is 1. The van der Waals surface area contributed by atoms with Crippen molar-refractivity contribution in [1.82, 2.24) is 4.98 Å². The average molecular weight is 356 g/mol. The minimum Gasteiger partial charge on any atom is -0.493 e. The van der Waals surface area contributed by atoms with Crippen LogP contribution in [0, 0.1) is 0 Å². The van der Waals surface area contributed by atoms with Crippen LogP contribution in [0.15, 0.2) is 41.5 Å². The van der Waals surface area contributed by atoms with Crippen LogP contribution in [0.2, 0.25) is 0 Å². The van der Waals surface area contributed by atoms with Gasteiger partial charge in [0, 0.05) is 22.7 Å². The Morgan fingerprint density at radius 2 is 1.69 bits per heavy atom. The van der Waals surface area contributed by atoms with Crippen molar-refractivity contribution in [3.8, 4) is 11.5 Å². The molecular formula is C23H33NO2. The third-order valence-electron chi connectivity index (χ3n) is 4.86. The van der Waals surface area contributed by atoms with Crippen LogP contribution in [0.3, 0.4) is 0 Å². The number of methoxy groups -OCH3 is 2. The number of allylic oxidation sites excluding steroid dienone is 4. The summed E-state index contributed by atoms with van der Waals surface area (Å²) in [5.41, 5.74) is 5.25. The van der Waals surface area contributed by atoms with Gasteiger partial charge in [0.25, 0.3) is 0 Å². The van der Waals surface area contributed by atoms with Crippen LogP contribution < -0.4 is 9.47 Å². The first-order valence-corrected chi connectivity index (χ1v) is 9.48. The van der Waals surface area contributed by atoms with E-state index in [1.165, 1.54) is 16.8 Å². The molecule has 0 aliphatic carbocycles. The highest BCUT2D eigenvalue weighted by Gasteiger charge is 2.12. The maximum Gasteiger partial charge on any atom is 0.162 e. The molecule has 0 radical (unpaired) electrons. The summed E-state index contributed by atoms with van der Waals surface area (Å²) in [6.45, 7) is 8.84. The normalized spacial score (nSPS) is 12.9. The van der Waals surface area contributed by atoms with Crippen molar-refractivity contribution in [2.75, 3.05) is 14.2 Å². The molecule has 0 saturated carbocycles. The van der Waals surface area contributed by atoms with Gasteiger partial charge >= 0.3 is 0 Å². The molecule has 0 fully saturated rings. The van der Waals surface area contributed by atoms with Crippen molar-refractivity contribution in [3.63, 3.8) is 0 Å². The molecule has 142 valence electrons. The highest BCUT2D eigenvalue weighted by atomic mass is 16.5. The molecular weight excluding hydrogens is 322 g/mol. The number of fused-ring (bicyclic) bond motifs is 1. The molecule has 3 nitrogen and oxygen atoms in total. The Balaban J connectivity index is 1.99. The average Bonchev–Trinajstić information content (AvgIpc) is 3.02. The molecule has 1 aromatic heterocycles. The number of ether oxygens (including phenoxy) is 2. The third-order valence-corrected chi connectivity index (χ3v) is 4.86. The van der Waals surface area contributed by atoms with Crippen molar-refractivity contribution in [1.29, 1.82) is 0 Å². The Bertz CT molecular complexity index is 738. The van der Waals surface area contributed by atoms with E-state index in [4.69, 9.17) is 9.47 Å². The van der Waals surface area contributed by atoms with Gasteiger partial charge in [0.2, 0.25) is 0 Å². The van der Waals surface area contributed by atoms with E-state index in [1.807, 2.05) is 12.1 Å². The maximum atomic E-state index is 5.40. The van der Waals surface area contributed by atoms with Gasteiger partial charge in [-0.2, -0.15) is 0 Å². The summed E-state index contributed by atoms with van der Waals surface area (Å²) in [6, 6.07) is 6.28. The van der Waals surface area contributed by atoms with E-state index in [9.17, 15) is 0 Å². The molecule has 1 atom stereocenters. The topological polar surface area (TPSA) is 34.2 Å². The van der Waals surface area contributed by atoms with Crippen LogP contribution in [0.5, 0.6) is 11.5 Å². The van der Waals surface area contributed by atoms with E-state index in [2.05, 4.69) is 50.9 Å². The number of nitrogens with one attached hydrogen (secondary N) is 1. The first kappa shape index (κ1) is 20.2. The smallest absolute Gasteiger partial charge is 0.162 e. The zero-order valence-corrected chi connectivity index (χ0v) is 17.1. The summed E-state index contributed by atoms with van der Waals surface area (Å²) >= 11 is 0. The van der Waals surface area contributed by atoms with E-state index in [0.29, 0.717) is 5.92 Å². The quantitative estimate of drug-likeness (QED) is 0.504. The molecule has 26 heavy (non-hydrogen) atoms. The lowest BCUT2D eigenvalue weighted by Crippen LogP contribution is -1.93. The predicted octanol–water partition coefficient (Wildman–Crippen LogP) is 6.76. The molecule has 1 aromatic carbocycles. The standard InChI is InChI=1S/C23H33NO2/c1-16(2)9-7-10-17(3)11-8-12-18(4)20-13-19-14-22(25-5)23(26-6)15-21(19)24-20/h9,11,13-15,18,24H,7-8,10,12H2,1-6H3/b17-11+. The van der Waals surface area contributed by atoms with E-state index >= 15 is 0 Å². The minimum absolute atomic E-state index is 0.487. The van der Waals surface area contributed by atoms with Crippen LogP contribution in [-0.4, -0.2) is 19.2 Å². The van der Waals surface area contributed by atoms with Crippen molar-refractivity contribution >= 4 is 10.9 Å². The molecule has 3 heteroatoms. The lowest BCUT2D eigenvalue weighted by atomic mass is 10.00. The van der Waals surface area contributed by atoms with Gasteiger partial charge < -0.3 is 14.5 Å². The fraction of sp³-hybridized carbons (Fsp3) is 0.478. The highest BCUT2D eigenvalue weighted by Crippen LogP contribution is 2.34. The van der Waals surface area contributed by atoms with Crippen LogP contribution in [0.25, 0.3) is 10.9 Å². The Morgan fingerprint density at radius 3 is 2.35 bits per heavy atom. The summed E-state index contributed by atoms with van der Waals surface area (Å²) in [5, 5.41) is 1.16. The fourth-order valence-electron chi connectivity index (χ4n) is 3.17. The van der Waals surface area contributed by atoms with Crippen molar-refractivity contribution in [2.45, 2.75) is 59.3 Å². The van der Waals surface area contributed by atoms with Crippen molar-refractivity contribution in [2.24, 2.45) is 0 Å². The second-order valence-electron chi connectivity index (χ2n) is 7.37. The summed E-state index contributed by atoms with van der Waals surface area (Å²) < 4.78 is 10.8. The first-order valence-electron chi connectivity index (χ1n) is 9.48. The number of rotatable bonds is 9. The van der Waals surface area contributed by atoms with Crippen LogP contribution >= 0.6 is 0 Å². The van der Waals surface area contributed by atoms with Crippen LogP contribution in [0.4, 0.5) is 0 Å². The van der Waals surface area contributed by atoms with Gasteiger partial charge in [0.1, 0.15) is 0 Å². The lowest BCUT2D eigenvalue weighted by Gasteiger charge is -2.08. The largest absolute Gasteiger partial charge is 0.493 e. The number of hydrogen-bond acceptors (Lipinski definition) is 2. The Labute approximate surface area is 158 Å². The van der Waals surface area contributed by atoms with E-state index < -0.39 is 0 Å². The predicted molar refractivity (Wildman–Crippen MR) is 111 cm³/mol. The molecule has 0 aliphatic rings. The van der Waals surface area contributed by atoms with E-state index in [-0.39, 0.29) is 0 Å². The number of H-pyrrole nitrogens is 1. The zero-order chi connectivity index (χ0) is 19.1. The highest BCUT2D eigenvalue weighted by molar-refractivity contribution is 5.84. The monoisotopic (exact) mass is 355 g/mol. The molecule has 1 unspecified atom stereocenters. The van der Waals surface area contributed by atoms with Gasteiger partial charge in [-0.1, -0.05) is 30.2 Å². The lowest BCUT2D eigenvalue weighted by molar-refractivity contribution is 0.356. The SMILES string of the molecule is COc1cc2cc(C(C)CC/C=C(\C)CCC=C(C)C)[nH]c2cc1OC. The number of benzene rings is 1. The summed E-state index contributed by atoms with van der Waals surface area (Å²) in [6.07, 6.45) is 9.26. The molecule has 1 heterocycles. The van der Waals surface area contributed by atoms with Crippen LogP contribution in [-0.2, 0) is 0 Å². The van der Waals surface area contributed by atoms with Gasteiger partial charge in [0.05, 0.1) is 14.2 Å². The fourth-order valence-corrected chi connectivity index (χ4v) is 3.17. The first-order chi connectivity index (χ1) is 12.4. The van der Waals surface area contributed by atoms with E-state index in [1.54, 1.807) is 14.2 Å². The van der Waals surface area contributed by atoms with Gasteiger partial charge in [0.15, 0.2) is 11.5 Å². The zero-order valence-electron chi connectivity index (χ0n) is 17.1. The number of aromatic amines is 1.